The minimum absolute atomic E-state index is 0.0656. The van der Waals surface area contributed by atoms with Gasteiger partial charge < -0.3 is 76.4 Å². The molecule has 6 unspecified atom stereocenters. The van der Waals surface area contributed by atoms with E-state index in [1.807, 2.05) is 20.8 Å². The van der Waals surface area contributed by atoms with Crippen molar-refractivity contribution >= 4 is 53.6 Å². The molecular formula is C70H86N2O23. The zero-order chi connectivity index (χ0) is 68.7. The molecule has 514 valence electrons. The number of amides is 1. The second-order valence-electron chi connectivity index (χ2n) is 24.6. The smallest absolute Gasteiger partial charge is 0.366 e. The van der Waals surface area contributed by atoms with Crippen LogP contribution in [0.5, 0.6) is 0 Å². The van der Waals surface area contributed by atoms with Crippen LogP contribution in [0.25, 0.3) is 0 Å². The quantitative estimate of drug-likeness (QED) is 0.0275. The van der Waals surface area contributed by atoms with Crippen LogP contribution in [0.4, 0.5) is 0 Å². The number of carbonyl (C=O) groups excluding carboxylic acids is 8. The van der Waals surface area contributed by atoms with Gasteiger partial charge in [-0.15, -0.1) is 0 Å². The molecule has 8 rings (SSSR count). The summed E-state index contributed by atoms with van der Waals surface area (Å²) in [5.41, 5.74) is 0.930. The molecule has 4 saturated heterocycles. The van der Waals surface area contributed by atoms with E-state index >= 15 is 0 Å². The lowest BCUT2D eigenvalue weighted by atomic mass is 9.76. The summed E-state index contributed by atoms with van der Waals surface area (Å²) in [6.07, 6.45) is -15.4. The molecule has 4 aromatic carbocycles. The van der Waals surface area contributed by atoms with Crippen molar-refractivity contribution in [2.75, 3.05) is 33.5 Å². The van der Waals surface area contributed by atoms with E-state index in [0.717, 1.165) is 7.11 Å². The van der Waals surface area contributed by atoms with Crippen molar-refractivity contribution in [3.8, 4) is 0 Å². The molecule has 2 N–H and O–H groups in total. The van der Waals surface area contributed by atoms with Gasteiger partial charge in [0.15, 0.2) is 18.5 Å². The van der Waals surface area contributed by atoms with Gasteiger partial charge in [0.05, 0.1) is 53.8 Å². The van der Waals surface area contributed by atoms with E-state index in [4.69, 9.17) is 76.5 Å². The van der Waals surface area contributed by atoms with Gasteiger partial charge in [0.1, 0.15) is 63.0 Å². The minimum atomic E-state index is -2.34. The Hall–Kier alpha value is -8.17. The SMILES string of the molecule is COC(=O)[C@@]1(O[C@@H]2C(C)[C@@H](OC(C)=N)OC(COC(=O)c3ccccc3)[C@@H]2O[C@@H]2OC(COC(=O)c3ccccc3)[C@@H](C)[C@H](O[C@H]3C[C@@H](C)[C@@H](OC(=O)c4ccccc4)C(COC(=O)c4ccccc4)O3)C2NC(C)=O)CC(C)[C@@H](C)[C@H]([C@H](C)[C@@H](COC(C)=O)OC(C)=O)O1. The molecule has 25 heteroatoms. The summed E-state index contributed by atoms with van der Waals surface area (Å²) >= 11 is 0. The minimum Gasteiger partial charge on any atom is -0.465 e. The fourth-order valence-electron chi connectivity index (χ4n) is 12.3. The highest BCUT2D eigenvalue weighted by Gasteiger charge is 2.60. The zero-order valence-electron chi connectivity index (χ0n) is 55.1. The van der Waals surface area contributed by atoms with Crippen LogP contribution in [-0.4, -0.2) is 173 Å². The summed E-state index contributed by atoms with van der Waals surface area (Å²) in [6.45, 7) is 13.9. The molecule has 4 aliphatic rings. The highest BCUT2D eigenvalue weighted by atomic mass is 16.8. The lowest BCUT2D eigenvalue weighted by molar-refractivity contribution is -0.378. The van der Waals surface area contributed by atoms with Crippen LogP contribution in [-0.2, 0) is 90.2 Å². The third kappa shape index (κ3) is 18.9. The molecule has 20 atom stereocenters. The first-order chi connectivity index (χ1) is 45.4. The van der Waals surface area contributed by atoms with Gasteiger partial charge in [-0.3, -0.25) is 19.8 Å². The van der Waals surface area contributed by atoms with Gasteiger partial charge in [0.2, 0.25) is 12.2 Å². The Balaban J connectivity index is 1.22. The van der Waals surface area contributed by atoms with Crippen molar-refractivity contribution in [1.29, 1.82) is 5.41 Å². The number of methoxy groups -OCH3 is 1. The van der Waals surface area contributed by atoms with Gasteiger partial charge in [-0.05, 0) is 60.4 Å². The molecule has 0 spiro atoms. The van der Waals surface area contributed by atoms with Gasteiger partial charge in [-0.25, -0.2) is 24.0 Å². The van der Waals surface area contributed by atoms with Crippen molar-refractivity contribution in [2.24, 2.45) is 35.5 Å². The maximum atomic E-state index is 14.9. The molecule has 95 heavy (non-hydrogen) atoms. The fraction of sp³-hybridized carbons (Fsp3) is 0.529. The van der Waals surface area contributed by atoms with Crippen molar-refractivity contribution < 1.29 is 109 Å². The van der Waals surface area contributed by atoms with Gasteiger partial charge in [0.25, 0.3) is 5.79 Å². The molecule has 0 saturated carbocycles. The highest BCUT2D eigenvalue weighted by molar-refractivity contribution is 5.91. The van der Waals surface area contributed by atoms with Crippen LogP contribution in [0.15, 0.2) is 121 Å². The van der Waals surface area contributed by atoms with E-state index < -0.39 is 183 Å². The number of nitrogens with one attached hydrogen (secondary N) is 2. The largest absolute Gasteiger partial charge is 0.465 e. The predicted molar refractivity (Wildman–Crippen MR) is 335 cm³/mol. The van der Waals surface area contributed by atoms with E-state index in [9.17, 15) is 38.4 Å². The van der Waals surface area contributed by atoms with Crippen molar-refractivity contribution in [3.63, 3.8) is 0 Å². The lowest BCUT2D eigenvalue weighted by Gasteiger charge is -2.53. The van der Waals surface area contributed by atoms with E-state index in [0.29, 0.717) is 0 Å². The van der Waals surface area contributed by atoms with Crippen LogP contribution in [0.2, 0.25) is 0 Å². The lowest BCUT2D eigenvalue weighted by Crippen LogP contribution is -2.68. The number of rotatable bonds is 25. The molecule has 4 heterocycles. The first-order valence-corrected chi connectivity index (χ1v) is 31.8. The number of carbonyl (C=O) groups is 8. The Morgan fingerprint density at radius 2 is 1.04 bits per heavy atom. The van der Waals surface area contributed by atoms with Crippen molar-refractivity contribution in [2.45, 2.75) is 168 Å². The molecule has 0 radical (unpaired) electrons. The Morgan fingerprint density at radius 3 is 1.53 bits per heavy atom. The maximum Gasteiger partial charge on any atom is 0.366 e. The van der Waals surface area contributed by atoms with Crippen LogP contribution >= 0.6 is 0 Å². The average Bonchev–Trinajstić information content (AvgIpc) is 0.761. The molecule has 4 aliphatic heterocycles. The van der Waals surface area contributed by atoms with E-state index in [1.165, 1.54) is 27.7 Å². The van der Waals surface area contributed by atoms with E-state index in [1.54, 1.807) is 142 Å². The van der Waals surface area contributed by atoms with E-state index in [2.05, 4.69) is 5.32 Å². The number of ether oxygens (including phenoxy) is 15. The summed E-state index contributed by atoms with van der Waals surface area (Å²) in [5.74, 6) is -12.3. The third-order valence-corrected chi connectivity index (χ3v) is 17.5. The first kappa shape index (κ1) is 72.7. The molecule has 1 amide bonds. The predicted octanol–water partition coefficient (Wildman–Crippen LogP) is 7.99. The Bertz CT molecular complexity index is 3250. The number of hydrogen-bond donors (Lipinski definition) is 2. The van der Waals surface area contributed by atoms with E-state index in [-0.39, 0.29) is 53.5 Å². The molecule has 4 fully saturated rings. The zero-order valence-corrected chi connectivity index (χ0v) is 55.1. The maximum absolute atomic E-state index is 14.9. The molecular weight excluding hydrogens is 1240 g/mol. The number of esters is 7. The first-order valence-electron chi connectivity index (χ1n) is 31.8. The topological polar surface area (TPSA) is 311 Å². The van der Waals surface area contributed by atoms with Crippen LogP contribution < -0.4 is 5.32 Å². The molecule has 4 aromatic rings. The normalized spacial score (nSPS) is 30.3. The summed E-state index contributed by atoms with van der Waals surface area (Å²) in [6, 6.07) is 31.6. The standard InChI is InChI=1S/C70H86N2O23/c1-38-32-56(88-54(36-84-64(77)49-26-18-13-19-27-49)58(38)92-66(79)51-30-22-15-23-31-51)91-60-42(5)53(35-83-63(76)48-24-16-12-17-25-48)89-68(57(60)72-45(8)73)93-62-55(37-85-65(78)50-28-20-14-21-29-50)90-67(86-44(7)71)43(6)61(62)95-70(69(80)81-11)33-39(2)40(3)59(94-70)41(4)52(87-47(10)75)34-82-46(9)74/h12-31,38-43,52-62,67-68,71H,32-37H2,1-11H3,(H,72,73)/t38-,39?,40-,41-,42-,43?,52-,53?,54?,55?,56+,57?,58-,59-,60+,61-,62+,67+,68+,70+/m1/s1. The number of hydrogen-bond acceptors (Lipinski definition) is 24. The fourth-order valence-corrected chi connectivity index (χ4v) is 12.3. The summed E-state index contributed by atoms with van der Waals surface area (Å²) in [5, 5.41) is 11.5. The van der Waals surface area contributed by atoms with Gasteiger partial charge in [0, 0.05) is 64.2 Å². The van der Waals surface area contributed by atoms with Gasteiger partial charge in [-0.1, -0.05) is 114 Å². The summed E-state index contributed by atoms with van der Waals surface area (Å²) in [4.78, 5) is 108. The monoisotopic (exact) mass is 1320 g/mol. The van der Waals surface area contributed by atoms with Crippen LogP contribution in [0.3, 0.4) is 0 Å². The molecule has 0 bridgehead atoms. The Morgan fingerprint density at radius 1 is 0.547 bits per heavy atom. The summed E-state index contributed by atoms with van der Waals surface area (Å²) in [7, 11) is 1.14. The average molecular weight is 1320 g/mol. The van der Waals surface area contributed by atoms with Gasteiger partial charge in [-0.2, -0.15) is 0 Å². The second-order valence-corrected chi connectivity index (χ2v) is 24.6. The second kappa shape index (κ2) is 33.5. The van der Waals surface area contributed by atoms with Crippen molar-refractivity contribution in [1.82, 2.24) is 5.32 Å². The summed E-state index contributed by atoms with van der Waals surface area (Å²) < 4.78 is 95.4. The highest BCUT2D eigenvalue weighted by Crippen LogP contribution is 2.46. The van der Waals surface area contributed by atoms with Crippen LogP contribution in [0.1, 0.15) is 124 Å². The number of benzene rings is 4. The Labute approximate surface area is 552 Å². The third-order valence-electron chi connectivity index (χ3n) is 17.5. The van der Waals surface area contributed by atoms with Crippen LogP contribution in [0, 0.1) is 40.9 Å². The Kier molecular flexibility index (Phi) is 25.6. The van der Waals surface area contributed by atoms with Crippen molar-refractivity contribution in [3.05, 3.63) is 144 Å². The molecule has 0 aliphatic carbocycles. The van der Waals surface area contributed by atoms with Gasteiger partial charge >= 0.3 is 41.8 Å². The molecule has 25 nitrogen and oxygen atoms in total. The molecule has 0 aromatic heterocycles.